The largest absolute Gasteiger partial charge is 0.486 e. The van der Waals surface area contributed by atoms with Gasteiger partial charge < -0.3 is 9.47 Å². The molecule has 82 valence electrons. The first-order chi connectivity index (χ1) is 7.24. The minimum Gasteiger partial charge on any atom is -0.486 e. The van der Waals surface area contributed by atoms with Gasteiger partial charge in [0.25, 0.3) is 0 Å². The van der Waals surface area contributed by atoms with Crippen LogP contribution >= 0.6 is 15.9 Å². The fourth-order valence-corrected chi connectivity index (χ4v) is 2.02. The lowest BCUT2D eigenvalue weighted by molar-refractivity contribution is 0.115. The number of ether oxygens (including phenoxy) is 2. The molecular weight excluding hydrogens is 262 g/mol. The summed E-state index contributed by atoms with van der Waals surface area (Å²) in [6, 6.07) is 1.91. The summed E-state index contributed by atoms with van der Waals surface area (Å²) in [5.41, 5.74) is 1.99. The third kappa shape index (κ3) is 1.95. The third-order valence-electron chi connectivity index (χ3n) is 2.38. The van der Waals surface area contributed by atoms with Gasteiger partial charge >= 0.3 is 0 Å². The molecule has 0 saturated carbocycles. The number of fused-ring (bicyclic) bond motifs is 1. The molecular formula is C10H12BrNO3. The van der Waals surface area contributed by atoms with E-state index in [1.54, 1.807) is 0 Å². The van der Waals surface area contributed by atoms with Crippen molar-refractivity contribution in [3.05, 3.63) is 21.7 Å². The smallest absolute Gasteiger partial charge is 0.167 e. The lowest BCUT2D eigenvalue weighted by Gasteiger charge is -2.22. The van der Waals surface area contributed by atoms with Crippen molar-refractivity contribution in [3.8, 4) is 11.5 Å². The fourth-order valence-electron chi connectivity index (χ4n) is 1.57. The van der Waals surface area contributed by atoms with Crippen LogP contribution < -0.4 is 15.4 Å². The minimum absolute atomic E-state index is 0.316. The highest BCUT2D eigenvalue weighted by Gasteiger charge is 2.20. The quantitative estimate of drug-likeness (QED) is 0.837. The Labute approximate surface area is 96.4 Å². The average Bonchev–Trinajstić information content (AvgIpc) is 2.25. The van der Waals surface area contributed by atoms with Crippen LogP contribution in [-0.4, -0.2) is 13.2 Å². The molecule has 4 nitrogen and oxygen atoms in total. The first-order valence-corrected chi connectivity index (χ1v) is 5.42. The van der Waals surface area contributed by atoms with E-state index in [1.807, 2.05) is 13.0 Å². The summed E-state index contributed by atoms with van der Waals surface area (Å²) in [5, 5.41) is 0. The van der Waals surface area contributed by atoms with Gasteiger partial charge in [-0.05, 0) is 18.6 Å². The van der Waals surface area contributed by atoms with E-state index in [1.165, 1.54) is 0 Å². The van der Waals surface area contributed by atoms with E-state index < -0.39 is 0 Å². The summed E-state index contributed by atoms with van der Waals surface area (Å²) in [7, 11) is 0. The zero-order chi connectivity index (χ0) is 10.8. The molecule has 0 saturated heterocycles. The molecule has 1 aliphatic heterocycles. The molecule has 1 aliphatic rings. The molecule has 1 aromatic rings. The molecule has 1 aromatic carbocycles. The van der Waals surface area contributed by atoms with Crippen molar-refractivity contribution in [2.75, 3.05) is 13.2 Å². The molecule has 0 aliphatic carbocycles. The van der Waals surface area contributed by atoms with Gasteiger partial charge in [0.1, 0.15) is 13.2 Å². The zero-order valence-corrected chi connectivity index (χ0v) is 9.96. The van der Waals surface area contributed by atoms with Gasteiger partial charge in [-0.1, -0.05) is 15.9 Å². The second-order valence-corrected chi connectivity index (χ2v) is 4.15. The van der Waals surface area contributed by atoms with Crippen LogP contribution in [0.3, 0.4) is 0 Å². The third-order valence-corrected chi connectivity index (χ3v) is 3.21. The second-order valence-electron chi connectivity index (χ2n) is 3.30. The van der Waals surface area contributed by atoms with Gasteiger partial charge in [-0.2, -0.15) is 0 Å². The van der Waals surface area contributed by atoms with Crippen LogP contribution in [0.4, 0.5) is 0 Å². The Morgan fingerprint density at radius 1 is 1.47 bits per heavy atom. The second kappa shape index (κ2) is 4.38. The summed E-state index contributed by atoms with van der Waals surface area (Å²) in [5.74, 6) is 6.59. The molecule has 15 heavy (non-hydrogen) atoms. The molecule has 5 heteroatoms. The maximum absolute atomic E-state index is 5.56. The molecule has 0 spiro atoms. The van der Waals surface area contributed by atoms with Gasteiger partial charge in [-0.15, -0.1) is 0 Å². The van der Waals surface area contributed by atoms with Crippen molar-refractivity contribution in [3.63, 3.8) is 0 Å². The van der Waals surface area contributed by atoms with E-state index in [0.717, 1.165) is 27.1 Å². The minimum atomic E-state index is 0.316. The van der Waals surface area contributed by atoms with Crippen LogP contribution in [-0.2, 0) is 11.4 Å². The number of halogens is 1. The number of rotatable bonds is 2. The lowest BCUT2D eigenvalue weighted by atomic mass is 10.1. The molecule has 0 fully saturated rings. The summed E-state index contributed by atoms with van der Waals surface area (Å²) in [6.45, 7) is 3.44. The van der Waals surface area contributed by atoms with E-state index in [4.69, 9.17) is 15.4 Å². The van der Waals surface area contributed by atoms with Crippen LogP contribution in [0.15, 0.2) is 10.5 Å². The van der Waals surface area contributed by atoms with Crippen molar-refractivity contribution in [2.24, 2.45) is 5.90 Å². The molecule has 0 atom stereocenters. The molecule has 0 bridgehead atoms. The molecule has 0 unspecified atom stereocenters. The highest BCUT2D eigenvalue weighted by atomic mass is 79.9. The van der Waals surface area contributed by atoms with Crippen LogP contribution in [0.1, 0.15) is 11.1 Å². The first-order valence-electron chi connectivity index (χ1n) is 4.63. The number of benzene rings is 1. The van der Waals surface area contributed by atoms with Crippen molar-refractivity contribution in [2.45, 2.75) is 13.5 Å². The van der Waals surface area contributed by atoms with Crippen molar-refractivity contribution >= 4 is 15.9 Å². The summed E-state index contributed by atoms with van der Waals surface area (Å²) >= 11 is 3.46. The van der Waals surface area contributed by atoms with Crippen molar-refractivity contribution < 1.29 is 14.3 Å². The topological polar surface area (TPSA) is 53.7 Å². The number of nitrogens with two attached hydrogens (primary N) is 1. The zero-order valence-electron chi connectivity index (χ0n) is 8.38. The Balaban J connectivity index is 2.52. The van der Waals surface area contributed by atoms with Crippen LogP contribution in [0.2, 0.25) is 0 Å². The Morgan fingerprint density at radius 3 is 2.93 bits per heavy atom. The van der Waals surface area contributed by atoms with Crippen molar-refractivity contribution in [1.29, 1.82) is 0 Å². The van der Waals surface area contributed by atoms with E-state index in [0.29, 0.717) is 19.8 Å². The monoisotopic (exact) mass is 273 g/mol. The van der Waals surface area contributed by atoms with E-state index in [2.05, 4.69) is 20.8 Å². The van der Waals surface area contributed by atoms with Gasteiger partial charge in [0.2, 0.25) is 0 Å². The summed E-state index contributed by atoms with van der Waals surface area (Å²) in [4.78, 5) is 4.67. The predicted octanol–water partition coefficient (Wildman–Crippen LogP) is 1.92. The van der Waals surface area contributed by atoms with Crippen molar-refractivity contribution in [1.82, 2.24) is 0 Å². The normalized spacial score (nSPS) is 14.1. The van der Waals surface area contributed by atoms with Gasteiger partial charge in [-0.25, -0.2) is 5.90 Å². The van der Waals surface area contributed by atoms with E-state index in [9.17, 15) is 0 Å². The molecule has 1 heterocycles. The maximum Gasteiger partial charge on any atom is 0.167 e. The molecule has 0 radical (unpaired) electrons. The number of hydrogen-bond acceptors (Lipinski definition) is 4. The van der Waals surface area contributed by atoms with Gasteiger partial charge in [-0.3, -0.25) is 4.84 Å². The summed E-state index contributed by atoms with van der Waals surface area (Å²) in [6.07, 6.45) is 0. The lowest BCUT2D eigenvalue weighted by Crippen LogP contribution is -2.18. The highest BCUT2D eigenvalue weighted by Crippen LogP contribution is 2.39. The molecule has 2 rings (SSSR count). The predicted molar refractivity (Wildman–Crippen MR) is 58.8 cm³/mol. The maximum atomic E-state index is 5.56. The van der Waals surface area contributed by atoms with E-state index >= 15 is 0 Å². The molecule has 0 aromatic heterocycles. The van der Waals surface area contributed by atoms with E-state index in [-0.39, 0.29) is 0 Å². The Bertz CT molecular complexity index is 381. The fraction of sp³-hybridized carbons (Fsp3) is 0.400. The average molecular weight is 274 g/mol. The van der Waals surface area contributed by atoms with Gasteiger partial charge in [0, 0.05) is 10.0 Å². The molecule has 0 amide bonds. The Hall–Kier alpha value is -0.780. The van der Waals surface area contributed by atoms with Crippen LogP contribution in [0.25, 0.3) is 0 Å². The number of hydrogen-bond donors (Lipinski definition) is 1. The Kier molecular flexibility index (Phi) is 3.14. The van der Waals surface area contributed by atoms with Crippen LogP contribution in [0.5, 0.6) is 11.5 Å². The highest BCUT2D eigenvalue weighted by molar-refractivity contribution is 9.10. The first kappa shape index (κ1) is 10.7. The Morgan fingerprint density at radius 2 is 2.20 bits per heavy atom. The SMILES string of the molecule is Cc1c(Br)cc2c(c1CON)OCCO2. The van der Waals surface area contributed by atoms with Crippen LogP contribution in [0, 0.1) is 6.92 Å². The van der Waals surface area contributed by atoms with Gasteiger partial charge in [0.05, 0.1) is 6.61 Å². The molecule has 2 N–H and O–H groups in total. The summed E-state index contributed by atoms with van der Waals surface area (Å²) < 4.78 is 12.0. The standard InChI is InChI=1S/C10H12BrNO3/c1-6-7(5-15-12)10-9(4-8(6)11)13-2-3-14-10/h4H,2-3,5,12H2,1H3. The van der Waals surface area contributed by atoms with Gasteiger partial charge in [0.15, 0.2) is 11.5 Å².